The first kappa shape index (κ1) is 20.4. The third-order valence-electron chi connectivity index (χ3n) is 4.94. The highest BCUT2D eigenvalue weighted by atomic mass is 16.4. The number of urea groups is 1. The molecule has 0 spiro atoms. The molecule has 3 rings (SSSR count). The first-order chi connectivity index (χ1) is 14.0. The highest BCUT2D eigenvalue weighted by Crippen LogP contribution is 2.33. The van der Waals surface area contributed by atoms with Crippen LogP contribution in [-0.2, 0) is 4.79 Å². The molecule has 2 aromatic rings. The van der Waals surface area contributed by atoms with E-state index in [1.165, 1.54) is 0 Å². The van der Waals surface area contributed by atoms with Crippen molar-refractivity contribution < 1.29 is 19.5 Å². The molecule has 0 radical (unpaired) electrons. The molecule has 0 aliphatic carbocycles. The van der Waals surface area contributed by atoms with Gasteiger partial charge in [0, 0.05) is 30.8 Å². The second kappa shape index (κ2) is 9.73. The molecule has 7 nitrogen and oxygen atoms in total. The summed E-state index contributed by atoms with van der Waals surface area (Å²) in [6.45, 7) is 1.02. The van der Waals surface area contributed by atoms with Gasteiger partial charge < -0.3 is 20.6 Å². The Bertz CT molecular complexity index is 852. The van der Waals surface area contributed by atoms with Gasteiger partial charge in [-0.2, -0.15) is 0 Å². The predicted octanol–water partition coefficient (Wildman–Crippen LogP) is 3.65. The van der Waals surface area contributed by atoms with Crippen molar-refractivity contribution in [1.82, 2.24) is 10.2 Å². The maximum atomic E-state index is 13.0. The van der Waals surface area contributed by atoms with Gasteiger partial charge in [0.05, 0.1) is 6.04 Å². The molecule has 1 unspecified atom stereocenters. The molecule has 1 fully saturated rings. The first-order valence-corrected chi connectivity index (χ1v) is 9.77. The number of nitrogens with zero attached hydrogens (tertiary/aromatic N) is 1. The van der Waals surface area contributed by atoms with Crippen LogP contribution >= 0.6 is 0 Å². The number of benzene rings is 2. The summed E-state index contributed by atoms with van der Waals surface area (Å²) >= 11 is 0. The molecule has 3 amide bonds. The van der Waals surface area contributed by atoms with E-state index in [4.69, 9.17) is 5.11 Å². The van der Waals surface area contributed by atoms with Gasteiger partial charge in [-0.05, 0) is 49.1 Å². The van der Waals surface area contributed by atoms with E-state index in [2.05, 4.69) is 22.8 Å². The predicted molar refractivity (Wildman–Crippen MR) is 110 cm³/mol. The first-order valence-electron chi connectivity index (χ1n) is 9.77. The molecule has 3 N–H and O–H groups in total. The van der Waals surface area contributed by atoms with Gasteiger partial charge in [-0.15, -0.1) is 0 Å². The van der Waals surface area contributed by atoms with E-state index in [1.807, 2.05) is 23.1 Å². The molecule has 1 heterocycles. The van der Waals surface area contributed by atoms with Crippen molar-refractivity contribution in [3.8, 4) is 0 Å². The quantitative estimate of drug-likeness (QED) is 0.623. The maximum absolute atomic E-state index is 13.0. The Hall–Kier alpha value is -3.35. The van der Waals surface area contributed by atoms with Gasteiger partial charge in [0.1, 0.15) is 0 Å². The Balaban J connectivity index is 1.56. The van der Waals surface area contributed by atoms with Gasteiger partial charge in [0.2, 0.25) is 0 Å². The Kier molecular flexibility index (Phi) is 6.84. The van der Waals surface area contributed by atoms with E-state index in [1.54, 1.807) is 24.3 Å². The van der Waals surface area contributed by atoms with Gasteiger partial charge in [-0.1, -0.05) is 30.3 Å². The molecule has 1 aliphatic rings. The third-order valence-corrected chi connectivity index (χ3v) is 4.94. The summed E-state index contributed by atoms with van der Waals surface area (Å²) in [5.41, 5.74) is 2.30. The largest absolute Gasteiger partial charge is 0.481 e. The van der Waals surface area contributed by atoms with Crippen LogP contribution in [0.1, 0.15) is 47.6 Å². The Morgan fingerprint density at radius 2 is 1.76 bits per heavy atom. The maximum Gasteiger partial charge on any atom is 0.319 e. The monoisotopic (exact) mass is 395 g/mol. The molecule has 152 valence electrons. The van der Waals surface area contributed by atoms with Crippen LogP contribution in [-0.4, -0.2) is 41.0 Å². The average Bonchev–Trinajstić information content (AvgIpc) is 3.22. The number of nitrogens with one attached hydrogen (secondary N) is 2. The molecule has 0 bridgehead atoms. The van der Waals surface area contributed by atoms with Crippen molar-refractivity contribution >= 4 is 23.6 Å². The lowest BCUT2D eigenvalue weighted by atomic mass is 10.0. The van der Waals surface area contributed by atoms with Crippen molar-refractivity contribution in [3.63, 3.8) is 0 Å². The molecule has 1 atom stereocenters. The minimum absolute atomic E-state index is 0.0115. The molecular formula is C22H25N3O4. The molecule has 29 heavy (non-hydrogen) atoms. The third kappa shape index (κ3) is 5.57. The number of carboxylic acids is 1. The molecule has 7 heteroatoms. The van der Waals surface area contributed by atoms with Gasteiger partial charge in [-0.25, -0.2) is 4.79 Å². The lowest BCUT2D eigenvalue weighted by Gasteiger charge is -2.25. The molecule has 1 aliphatic heterocycles. The summed E-state index contributed by atoms with van der Waals surface area (Å²) < 4.78 is 0. The van der Waals surface area contributed by atoms with Crippen LogP contribution in [0.3, 0.4) is 0 Å². The van der Waals surface area contributed by atoms with Crippen molar-refractivity contribution in [2.45, 2.75) is 31.7 Å². The van der Waals surface area contributed by atoms with E-state index < -0.39 is 12.0 Å². The number of carbonyl (C=O) groups excluding carboxylic acids is 2. The summed E-state index contributed by atoms with van der Waals surface area (Å²) in [7, 11) is 0. The number of aliphatic carboxylic acids is 1. The van der Waals surface area contributed by atoms with Gasteiger partial charge in [0.25, 0.3) is 5.91 Å². The zero-order valence-corrected chi connectivity index (χ0v) is 16.1. The normalized spacial score (nSPS) is 15.7. The number of anilines is 1. The summed E-state index contributed by atoms with van der Waals surface area (Å²) in [5.74, 6) is -0.902. The Morgan fingerprint density at radius 1 is 1.03 bits per heavy atom. The zero-order chi connectivity index (χ0) is 20.6. The number of hydrogen-bond acceptors (Lipinski definition) is 3. The van der Waals surface area contributed by atoms with Crippen molar-refractivity contribution in [1.29, 1.82) is 0 Å². The molecule has 0 saturated carbocycles. The van der Waals surface area contributed by atoms with Crippen molar-refractivity contribution in [2.75, 3.05) is 18.4 Å². The molecule has 2 aromatic carbocycles. The zero-order valence-electron chi connectivity index (χ0n) is 16.1. The highest BCUT2D eigenvalue weighted by Gasteiger charge is 2.30. The number of rotatable bonds is 7. The number of likely N-dealkylation sites (tertiary alicyclic amines) is 1. The van der Waals surface area contributed by atoms with E-state index in [0.717, 1.165) is 24.9 Å². The minimum Gasteiger partial charge on any atom is -0.481 e. The van der Waals surface area contributed by atoms with Crippen LogP contribution in [0.25, 0.3) is 0 Å². The Labute approximate surface area is 169 Å². The molecule has 0 aromatic heterocycles. The van der Waals surface area contributed by atoms with Gasteiger partial charge in [-0.3, -0.25) is 9.59 Å². The van der Waals surface area contributed by atoms with Crippen LogP contribution in [0.15, 0.2) is 54.6 Å². The van der Waals surface area contributed by atoms with Crippen LogP contribution in [0.2, 0.25) is 0 Å². The smallest absolute Gasteiger partial charge is 0.319 e. The number of carboxylic acid groups (broad SMARTS) is 1. The molecule has 1 saturated heterocycles. The van der Waals surface area contributed by atoms with Gasteiger partial charge in [0.15, 0.2) is 0 Å². The van der Waals surface area contributed by atoms with E-state index >= 15 is 0 Å². The van der Waals surface area contributed by atoms with Crippen LogP contribution in [0.4, 0.5) is 10.5 Å². The van der Waals surface area contributed by atoms with E-state index in [9.17, 15) is 14.4 Å². The fourth-order valence-corrected chi connectivity index (χ4v) is 3.51. The minimum atomic E-state index is -0.889. The number of carbonyl (C=O) groups is 3. The Morgan fingerprint density at radius 3 is 2.45 bits per heavy atom. The van der Waals surface area contributed by atoms with E-state index in [0.29, 0.717) is 17.7 Å². The van der Waals surface area contributed by atoms with Crippen LogP contribution < -0.4 is 10.6 Å². The SMILES string of the molecule is O=C(O)CCCNC(=O)Nc1ccc(C(=O)N2CCCC2c2ccccc2)cc1. The highest BCUT2D eigenvalue weighted by molar-refractivity contribution is 5.96. The van der Waals surface area contributed by atoms with Crippen LogP contribution in [0, 0.1) is 0 Å². The summed E-state index contributed by atoms with van der Waals surface area (Å²) in [6.07, 6.45) is 2.32. The lowest BCUT2D eigenvalue weighted by Crippen LogP contribution is -2.31. The topological polar surface area (TPSA) is 98.7 Å². The standard InChI is InChI=1S/C22H25N3O4/c26-20(27)9-4-14-23-22(29)24-18-12-10-17(11-13-18)21(28)25-15-5-8-19(25)16-6-2-1-3-7-16/h1-3,6-7,10-13,19H,4-5,8-9,14-15H2,(H,26,27)(H2,23,24,29). The lowest BCUT2D eigenvalue weighted by molar-refractivity contribution is -0.137. The second-order valence-electron chi connectivity index (χ2n) is 7.02. The number of hydrogen-bond donors (Lipinski definition) is 3. The van der Waals surface area contributed by atoms with Crippen molar-refractivity contribution in [3.05, 3.63) is 65.7 Å². The van der Waals surface area contributed by atoms with Crippen LogP contribution in [0.5, 0.6) is 0 Å². The summed E-state index contributed by atoms with van der Waals surface area (Å²) in [4.78, 5) is 37.2. The van der Waals surface area contributed by atoms with E-state index in [-0.39, 0.29) is 24.9 Å². The average molecular weight is 395 g/mol. The fourth-order valence-electron chi connectivity index (χ4n) is 3.51. The summed E-state index contributed by atoms with van der Waals surface area (Å²) in [6, 6.07) is 16.6. The second-order valence-corrected chi connectivity index (χ2v) is 7.02. The van der Waals surface area contributed by atoms with Gasteiger partial charge >= 0.3 is 12.0 Å². The molecular weight excluding hydrogens is 370 g/mol. The fraction of sp³-hybridized carbons (Fsp3) is 0.318. The van der Waals surface area contributed by atoms with Crippen molar-refractivity contribution in [2.24, 2.45) is 0 Å². The number of amides is 3. The summed E-state index contributed by atoms with van der Waals surface area (Å²) in [5, 5.41) is 13.9.